The molecule has 0 aromatic heterocycles. The zero-order chi connectivity index (χ0) is 32.4. The molecule has 0 fully saturated rings. The molecule has 248 valence electrons. The molecule has 1 aliphatic rings. The van der Waals surface area contributed by atoms with Crippen molar-refractivity contribution in [3.05, 3.63) is 69.3 Å². The second-order valence-corrected chi connectivity index (χ2v) is 12.8. The van der Waals surface area contributed by atoms with Crippen molar-refractivity contribution < 1.29 is 29.3 Å². The molecule has 1 aliphatic carbocycles. The van der Waals surface area contributed by atoms with Crippen molar-refractivity contribution in [1.82, 2.24) is 10.2 Å². The molecular weight excluding hydrogens is 683 g/mol. The number of rotatable bonds is 20. The van der Waals surface area contributed by atoms with Crippen LogP contribution in [0.15, 0.2) is 60.2 Å². The molecule has 0 unspecified atom stereocenters. The summed E-state index contributed by atoms with van der Waals surface area (Å²) in [7, 11) is 1.63. The van der Waals surface area contributed by atoms with Crippen LogP contribution in [0.2, 0.25) is 0 Å². The van der Waals surface area contributed by atoms with Crippen LogP contribution in [0, 0.1) is 3.57 Å². The van der Waals surface area contributed by atoms with Crippen molar-refractivity contribution in [1.29, 1.82) is 0 Å². The van der Waals surface area contributed by atoms with E-state index in [1.807, 2.05) is 48.5 Å². The summed E-state index contributed by atoms with van der Waals surface area (Å²) in [5, 5.41) is 23.8. The summed E-state index contributed by atoms with van der Waals surface area (Å²) in [6.07, 6.45) is 11.3. The maximum atomic E-state index is 13.9. The first-order valence-corrected chi connectivity index (χ1v) is 17.6. The molecule has 0 radical (unpaired) electrons. The van der Waals surface area contributed by atoms with Crippen LogP contribution in [0.4, 0.5) is 0 Å². The van der Waals surface area contributed by atoms with E-state index in [0.29, 0.717) is 30.7 Å². The van der Waals surface area contributed by atoms with E-state index in [1.165, 1.54) is 38.5 Å². The molecule has 0 aliphatic heterocycles. The molecule has 0 spiro atoms. The smallest absolute Gasteiger partial charge is 0.247 e. The Kier molecular flexibility index (Phi) is 16.8. The zero-order valence-corrected chi connectivity index (χ0v) is 29.0. The van der Waals surface area contributed by atoms with Crippen molar-refractivity contribution in [2.75, 3.05) is 26.8 Å². The van der Waals surface area contributed by atoms with E-state index in [-0.39, 0.29) is 31.4 Å². The minimum absolute atomic E-state index is 0.0399. The van der Waals surface area contributed by atoms with Crippen LogP contribution in [-0.4, -0.2) is 72.0 Å². The van der Waals surface area contributed by atoms with Gasteiger partial charge in [-0.1, -0.05) is 88.6 Å². The number of halogens is 1. The molecule has 8 nitrogen and oxygen atoms in total. The Balaban J connectivity index is 1.80. The number of carbonyl (C=O) groups excluding carboxylic acids is 2. The number of benzene rings is 2. The number of unbranched alkanes of at least 4 members (excludes halogenated alkanes) is 8. The third kappa shape index (κ3) is 11.9. The maximum Gasteiger partial charge on any atom is 0.247 e. The van der Waals surface area contributed by atoms with Crippen LogP contribution in [0.25, 0.3) is 0 Å². The number of aliphatic hydroxyl groups is 2. The lowest BCUT2D eigenvalue weighted by Crippen LogP contribution is -2.55. The van der Waals surface area contributed by atoms with E-state index >= 15 is 0 Å². The van der Waals surface area contributed by atoms with Crippen molar-refractivity contribution in [2.24, 2.45) is 0 Å². The minimum Gasteiger partial charge on any atom is -0.496 e. The summed E-state index contributed by atoms with van der Waals surface area (Å²) in [5.74, 6) is 0.961. The van der Waals surface area contributed by atoms with Gasteiger partial charge in [0.05, 0.1) is 23.3 Å². The molecular formula is C36H51IN2O6. The Morgan fingerprint density at radius 3 is 2.27 bits per heavy atom. The lowest BCUT2D eigenvalue weighted by Gasteiger charge is -2.40. The summed E-state index contributed by atoms with van der Waals surface area (Å²) >= 11 is 2.18. The number of amides is 2. The predicted octanol–water partition coefficient (Wildman–Crippen LogP) is 6.21. The average Bonchev–Trinajstić information content (AvgIpc) is 3.05. The number of aliphatic hydroxyl groups excluding tert-OH is 2. The number of hydrogen-bond donors (Lipinski definition) is 3. The largest absolute Gasteiger partial charge is 0.496 e. The van der Waals surface area contributed by atoms with Crippen molar-refractivity contribution in [3.8, 4) is 11.5 Å². The van der Waals surface area contributed by atoms with Gasteiger partial charge in [-0.15, -0.1) is 0 Å². The predicted molar refractivity (Wildman–Crippen MR) is 186 cm³/mol. The van der Waals surface area contributed by atoms with Crippen LogP contribution in [0.1, 0.15) is 83.1 Å². The van der Waals surface area contributed by atoms with Gasteiger partial charge in [-0.05, 0) is 65.3 Å². The van der Waals surface area contributed by atoms with Crippen molar-refractivity contribution >= 4 is 34.4 Å². The number of methoxy groups -OCH3 is 1. The highest BCUT2D eigenvalue weighted by Gasteiger charge is 2.40. The van der Waals surface area contributed by atoms with E-state index in [2.05, 4.69) is 34.8 Å². The fourth-order valence-electron chi connectivity index (χ4n) is 5.82. The number of para-hydroxylation sites is 2. The first-order valence-electron chi connectivity index (χ1n) is 16.5. The standard InChI is InChI=1S/C36H51IN2O6/c1-3-4-5-6-7-8-9-10-11-20-34(41)39(23-21-27-16-12-14-18-31(27)44-2)30-25-28(36(43)38-22-24-40)26-33(35(30)42)45-32-19-15-13-17-29(32)37/h12-19,26,30,33,35,40,42H,3-11,20-25H2,1-2H3,(H,38,43)/t30-,33+,35+/m1/s1. The van der Waals surface area contributed by atoms with Crippen LogP contribution in [0.5, 0.6) is 11.5 Å². The maximum absolute atomic E-state index is 13.9. The Labute approximate surface area is 282 Å². The van der Waals surface area contributed by atoms with Gasteiger partial charge in [-0.3, -0.25) is 9.59 Å². The highest BCUT2D eigenvalue weighted by molar-refractivity contribution is 14.1. The number of nitrogens with zero attached hydrogens (tertiary/aromatic N) is 1. The van der Waals surface area contributed by atoms with E-state index in [4.69, 9.17) is 9.47 Å². The van der Waals surface area contributed by atoms with E-state index in [0.717, 1.165) is 34.1 Å². The Morgan fingerprint density at radius 2 is 1.60 bits per heavy atom. The van der Waals surface area contributed by atoms with Gasteiger partial charge in [0.15, 0.2) is 0 Å². The third-order valence-corrected chi connectivity index (χ3v) is 9.23. The molecule has 0 heterocycles. The summed E-state index contributed by atoms with van der Waals surface area (Å²) in [6, 6.07) is 14.6. The fourth-order valence-corrected chi connectivity index (χ4v) is 6.34. The van der Waals surface area contributed by atoms with Gasteiger partial charge in [0.25, 0.3) is 0 Å². The molecule has 0 saturated heterocycles. The molecule has 9 heteroatoms. The van der Waals surface area contributed by atoms with Gasteiger partial charge in [-0.25, -0.2) is 0 Å². The molecule has 2 amide bonds. The highest BCUT2D eigenvalue weighted by atomic mass is 127. The topological polar surface area (TPSA) is 108 Å². The molecule has 3 atom stereocenters. The van der Waals surface area contributed by atoms with Crippen LogP contribution >= 0.6 is 22.6 Å². The molecule has 3 N–H and O–H groups in total. The molecule has 0 bridgehead atoms. The lowest BCUT2D eigenvalue weighted by molar-refractivity contribution is -0.138. The average molecular weight is 735 g/mol. The number of carbonyl (C=O) groups is 2. The van der Waals surface area contributed by atoms with Gasteiger partial charge in [-0.2, -0.15) is 0 Å². The molecule has 2 aromatic rings. The van der Waals surface area contributed by atoms with Gasteiger partial charge >= 0.3 is 0 Å². The van der Waals surface area contributed by atoms with Crippen LogP contribution in [0.3, 0.4) is 0 Å². The quantitative estimate of drug-likeness (QED) is 0.110. The summed E-state index contributed by atoms with van der Waals surface area (Å²) in [6.45, 7) is 2.51. The molecule has 0 saturated carbocycles. The summed E-state index contributed by atoms with van der Waals surface area (Å²) in [4.78, 5) is 28.8. The second-order valence-electron chi connectivity index (χ2n) is 11.7. The fraction of sp³-hybridized carbons (Fsp3) is 0.556. The van der Waals surface area contributed by atoms with E-state index in [9.17, 15) is 19.8 Å². The minimum atomic E-state index is -1.06. The lowest BCUT2D eigenvalue weighted by atomic mass is 9.87. The summed E-state index contributed by atoms with van der Waals surface area (Å²) < 4.78 is 12.7. The Morgan fingerprint density at radius 1 is 0.956 bits per heavy atom. The van der Waals surface area contributed by atoms with Crippen LogP contribution < -0.4 is 14.8 Å². The first kappa shape index (κ1) is 36.8. The number of hydrogen-bond acceptors (Lipinski definition) is 6. The number of ether oxygens (including phenoxy) is 2. The zero-order valence-electron chi connectivity index (χ0n) is 26.9. The normalized spacial score (nSPS) is 17.8. The van der Waals surface area contributed by atoms with Gasteiger partial charge in [0.1, 0.15) is 23.7 Å². The monoisotopic (exact) mass is 734 g/mol. The molecule has 3 rings (SSSR count). The Bertz CT molecular complexity index is 1220. The van der Waals surface area contributed by atoms with Crippen molar-refractivity contribution in [2.45, 2.75) is 102 Å². The molecule has 2 aromatic carbocycles. The van der Waals surface area contributed by atoms with Crippen molar-refractivity contribution in [3.63, 3.8) is 0 Å². The van der Waals surface area contributed by atoms with Gasteiger partial charge < -0.3 is 29.9 Å². The van der Waals surface area contributed by atoms with E-state index < -0.39 is 18.2 Å². The highest BCUT2D eigenvalue weighted by Crippen LogP contribution is 2.31. The summed E-state index contributed by atoms with van der Waals surface area (Å²) in [5.41, 5.74) is 1.39. The van der Waals surface area contributed by atoms with Gasteiger partial charge in [0.2, 0.25) is 11.8 Å². The van der Waals surface area contributed by atoms with Crippen LogP contribution in [-0.2, 0) is 16.0 Å². The number of nitrogens with one attached hydrogen (secondary N) is 1. The SMILES string of the molecule is CCCCCCCCCCCC(=O)N(CCc1ccccc1OC)[C@@H]1CC(C(=O)NCCO)=C[C@H](Oc2ccccc2I)[C@H]1O. The van der Waals surface area contributed by atoms with E-state index in [1.54, 1.807) is 18.1 Å². The first-order chi connectivity index (χ1) is 21.9. The van der Waals surface area contributed by atoms with Gasteiger partial charge in [0, 0.05) is 31.5 Å². The molecule has 45 heavy (non-hydrogen) atoms. The third-order valence-electron chi connectivity index (χ3n) is 8.34. The second kappa shape index (κ2) is 20.5. The Hall–Kier alpha value is -2.63.